The van der Waals surface area contributed by atoms with E-state index in [4.69, 9.17) is 5.73 Å². The topological polar surface area (TPSA) is 43.3 Å². The molecule has 2 rings (SSSR count). The highest BCUT2D eigenvalue weighted by molar-refractivity contribution is 5.54. The van der Waals surface area contributed by atoms with Crippen molar-refractivity contribution in [2.45, 2.75) is 40.0 Å². The van der Waals surface area contributed by atoms with Gasteiger partial charge in [0.25, 0.3) is 0 Å². The standard InChI is InChI=1S/C14H21N3/c1-9(2)7-11(4)13-14(15)17-8-10(3)5-6-12(17)16-13/h5-6,8-9,11H,7,15H2,1-4H3. The van der Waals surface area contributed by atoms with E-state index in [1.807, 2.05) is 16.7 Å². The Balaban J connectivity index is 2.45. The summed E-state index contributed by atoms with van der Waals surface area (Å²) in [6, 6.07) is 4.09. The van der Waals surface area contributed by atoms with Gasteiger partial charge in [-0.25, -0.2) is 4.98 Å². The maximum absolute atomic E-state index is 6.18. The number of aryl methyl sites for hydroxylation is 1. The highest BCUT2D eigenvalue weighted by Gasteiger charge is 2.16. The summed E-state index contributed by atoms with van der Waals surface area (Å²) >= 11 is 0. The second kappa shape index (κ2) is 4.40. The number of hydrogen-bond donors (Lipinski definition) is 1. The normalized spacial score (nSPS) is 13.5. The van der Waals surface area contributed by atoms with Crippen molar-refractivity contribution in [3.8, 4) is 0 Å². The molecule has 0 saturated carbocycles. The van der Waals surface area contributed by atoms with Crippen LogP contribution in [0, 0.1) is 12.8 Å². The first-order chi connectivity index (χ1) is 7.99. The average molecular weight is 231 g/mol. The monoisotopic (exact) mass is 231 g/mol. The van der Waals surface area contributed by atoms with Gasteiger partial charge in [0, 0.05) is 12.1 Å². The lowest BCUT2D eigenvalue weighted by atomic mass is 9.96. The molecule has 0 amide bonds. The Morgan fingerprint density at radius 2 is 2.00 bits per heavy atom. The third kappa shape index (κ3) is 2.28. The van der Waals surface area contributed by atoms with Gasteiger partial charge >= 0.3 is 0 Å². The Morgan fingerprint density at radius 1 is 1.29 bits per heavy atom. The summed E-state index contributed by atoms with van der Waals surface area (Å²) in [4.78, 5) is 4.64. The predicted octanol–water partition coefficient (Wildman–Crippen LogP) is 3.37. The van der Waals surface area contributed by atoms with Crippen LogP contribution < -0.4 is 5.73 Å². The van der Waals surface area contributed by atoms with Gasteiger partial charge in [-0.3, -0.25) is 4.40 Å². The molecule has 0 aromatic carbocycles. The summed E-state index contributed by atoms with van der Waals surface area (Å²) in [5.41, 5.74) is 9.36. The van der Waals surface area contributed by atoms with Gasteiger partial charge in [-0.2, -0.15) is 0 Å². The quantitative estimate of drug-likeness (QED) is 0.880. The summed E-state index contributed by atoms with van der Waals surface area (Å²) in [7, 11) is 0. The van der Waals surface area contributed by atoms with Gasteiger partial charge in [-0.15, -0.1) is 0 Å². The van der Waals surface area contributed by atoms with Crippen LogP contribution in [0.4, 0.5) is 5.82 Å². The molecule has 3 heteroatoms. The summed E-state index contributed by atoms with van der Waals surface area (Å²) in [5, 5.41) is 0. The number of anilines is 1. The van der Waals surface area contributed by atoms with Gasteiger partial charge in [0.15, 0.2) is 0 Å². The largest absolute Gasteiger partial charge is 0.383 e. The van der Waals surface area contributed by atoms with Crippen molar-refractivity contribution in [2.24, 2.45) is 5.92 Å². The number of fused-ring (bicyclic) bond motifs is 1. The van der Waals surface area contributed by atoms with Gasteiger partial charge < -0.3 is 5.73 Å². The van der Waals surface area contributed by atoms with Gasteiger partial charge in [0.2, 0.25) is 0 Å². The van der Waals surface area contributed by atoms with E-state index in [-0.39, 0.29) is 0 Å². The van der Waals surface area contributed by atoms with Crippen molar-refractivity contribution in [3.63, 3.8) is 0 Å². The Hall–Kier alpha value is -1.51. The molecule has 2 heterocycles. The van der Waals surface area contributed by atoms with E-state index >= 15 is 0 Å². The molecule has 2 aromatic rings. The maximum atomic E-state index is 6.18. The van der Waals surface area contributed by atoms with Gasteiger partial charge in [0.05, 0.1) is 5.69 Å². The molecule has 1 atom stereocenters. The SMILES string of the molecule is Cc1ccc2nc(C(C)CC(C)C)c(N)n2c1. The van der Waals surface area contributed by atoms with Crippen molar-refractivity contribution in [1.82, 2.24) is 9.38 Å². The summed E-state index contributed by atoms with van der Waals surface area (Å²) < 4.78 is 1.99. The summed E-state index contributed by atoms with van der Waals surface area (Å²) in [5.74, 6) is 1.86. The van der Waals surface area contributed by atoms with Crippen molar-refractivity contribution in [2.75, 3.05) is 5.73 Å². The minimum absolute atomic E-state index is 0.412. The van der Waals surface area contributed by atoms with Crippen LogP contribution in [0.3, 0.4) is 0 Å². The zero-order valence-corrected chi connectivity index (χ0v) is 11.1. The number of pyridine rings is 1. The van der Waals surface area contributed by atoms with E-state index in [0.717, 1.165) is 23.6 Å². The number of imidazole rings is 1. The van der Waals surface area contributed by atoms with Gasteiger partial charge in [0.1, 0.15) is 11.5 Å². The number of rotatable bonds is 3. The first-order valence-corrected chi connectivity index (χ1v) is 6.23. The molecular formula is C14H21N3. The van der Waals surface area contributed by atoms with Crippen LogP contribution in [0.25, 0.3) is 5.65 Å². The fourth-order valence-corrected chi connectivity index (χ4v) is 2.37. The van der Waals surface area contributed by atoms with Crippen molar-refractivity contribution < 1.29 is 0 Å². The van der Waals surface area contributed by atoms with Crippen molar-refractivity contribution in [3.05, 3.63) is 29.6 Å². The predicted molar refractivity (Wildman–Crippen MR) is 72.2 cm³/mol. The Bertz CT molecular complexity index is 525. The third-order valence-corrected chi connectivity index (χ3v) is 3.12. The van der Waals surface area contributed by atoms with Gasteiger partial charge in [-0.1, -0.05) is 26.8 Å². The Morgan fingerprint density at radius 3 is 2.65 bits per heavy atom. The molecule has 3 nitrogen and oxygen atoms in total. The van der Waals surface area contributed by atoms with E-state index in [0.29, 0.717) is 11.8 Å². The Kier molecular flexibility index (Phi) is 3.09. The lowest BCUT2D eigenvalue weighted by molar-refractivity contribution is 0.518. The third-order valence-electron chi connectivity index (χ3n) is 3.12. The molecule has 2 aromatic heterocycles. The molecule has 0 radical (unpaired) electrons. The van der Waals surface area contributed by atoms with Gasteiger partial charge in [-0.05, 0) is 30.9 Å². The fraction of sp³-hybridized carbons (Fsp3) is 0.500. The molecule has 0 aliphatic heterocycles. The molecule has 0 aliphatic rings. The van der Waals surface area contributed by atoms with E-state index in [2.05, 4.69) is 38.7 Å². The van der Waals surface area contributed by atoms with Crippen LogP contribution in [-0.4, -0.2) is 9.38 Å². The van der Waals surface area contributed by atoms with E-state index < -0.39 is 0 Å². The Labute approximate surface area is 103 Å². The second-order valence-corrected chi connectivity index (χ2v) is 5.35. The van der Waals surface area contributed by atoms with Crippen molar-refractivity contribution in [1.29, 1.82) is 0 Å². The number of nitrogen functional groups attached to an aromatic ring is 1. The number of nitrogens with zero attached hydrogens (tertiary/aromatic N) is 2. The molecule has 0 saturated heterocycles. The fourth-order valence-electron chi connectivity index (χ4n) is 2.37. The minimum Gasteiger partial charge on any atom is -0.383 e. The highest BCUT2D eigenvalue weighted by atomic mass is 15.1. The smallest absolute Gasteiger partial charge is 0.138 e. The lowest BCUT2D eigenvalue weighted by Crippen LogP contribution is -2.03. The second-order valence-electron chi connectivity index (χ2n) is 5.35. The maximum Gasteiger partial charge on any atom is 0.138 e. The van der Waals surface area contributed by atoms with Crippen LogP contribution in [0.1, 0.15) is 44.4 Å². The first kappa shape index (κ1) is 12.0. The molecule has 92 valence electrons. The number of nitrogens with two attached hydrogens (primary N) is 1. The van der Waals surface area contributed by atoms with E-state index in [1.54, 1.807) is 0 Å². The van der Waals surface area contributed by atoms with Crippen molar-refractivity contribution >= 4 is 11.5 Å². The van der Waals surface area contributed by atoms with E-state index in [1.165, 1.54) is 5.56 Å². The van der Waals surface area contributed by atoms with Crippen LogP contribution >= 0.6 is 0 Å². The van der Waals surface area contributed by atoms with E-state index in [9.17, 15) is 0 Å². The summed E-state index contributed by atoms with van der Waals surface area (Å²) in [6.07, 6.45) is 3.16. The van der Waals surface area contributed by atoms with Crippen LogP contribution in [0.5, 0.6) is 0 Å². The lowest BCUT2D eigenvalue weighted by Gasteiger charge is -2.12. The summed E-state index contributed by atoms with van der Waals surface area (Å²) in [6.45, 7) is 8.72. The minimum atomic E-state index is 0.412. The number of aromatic nitrogens is 2. The molecule has 0 aliphatic carbocycles. The zero-order valence-electron chi connectivity index (χ0n) is 11.1. The van der Waals surface area contributed by atoms with Crippen LogP contribution in [0.2, 0.25) is 0 Å². The van der Waals surface area contributed by atoms with Crippen LogP contribution in [0.15, 0.2) is 18.3 Å². The molecule has 0 spiro atoms. The zero-order chi connectivity index (χ0) is 12.6. The molecule has 0 bridgehead atoms. The molecule has 17 heavy (non-hydrogen) atoms. The molecule has 1 unspecified atom stereocenters. The molecule has 2 N–H and O–H groups in total. The average Bonchev–Trinajstić information content (AvgIpc) is 2.55. The highest BCUT2D eigenvalue weighted by Crippen LogP contribution is 2.28. The number of hydrogen-bond acceptors (Lipinski definition) is 2. The first-order valence-electron chi connectivity index (χ1n) is 6.23. The molecular weight excluding hydrogens is 210 g/mol. The van der Waals surface area contributed by atoms with Crippen LogP contribution in [-0.2, 0) is 0 Å². The molecule has 0 fully saturated rings.